The van der Waals surface area contributed by atoms with Gasteiger partial charge < -0.3 is 20.5 Å². The van der Waals surface area contributed by atoms with Gasteiger partial charge in [-0.1, -0.05) is 35.9 Å². The number of anilines is 1. The highest BCUT2D eigenvalue weighted by Crippen LogP contribution is 2.39. The molecule has 150 valence electrons. The summed E-state index contributed by atoms with van der Waals surface area (Å²) in [5.41, 5.74) is 6.59. The number of hydrogen-bond donors (Lipinski definition) is 2. The third-order valence-corrected chi connectivity index (χ3v) is 4.90. The maximum absolute atomic E-state index is 12.7. The zero-order valence-electron chi connectivity index (χ0n) is 14.6. The lowest BCUT2D eigenvalue weighted by Gasteiger charge is -2.37. The first kappa shape index (κ1) is 20.3. The van der Waals surface area contributed by atoms with Gasteiger partial charge in [0, 0.05) is 29.8 Å². The van der Waals surface area contributed by atoms with Crippen LogP contribution < -0.4 is 15.4 Å². The van der Waals surface area contributed by atoms with Gasteiger partial charge in [0.2, 0.25) is 5.91 Å². The average molecular weight is 415 g/mol. The smallest absolute Gasteiger partial charge is 0.405 e. The Hall–Kier alpha value is -2.45. The van der Waals surface area contributed by atoms with E-state index < -0.39 is 24.4 Å². The first-order valence-electron chi connectivity index (χ1n) is 8.54. The van der Waals surface area contributed by atoms with E-state index in [4.69, 9.17) is 17.3 Å². The van der Waals surface area contributed by atoms with E-state index in [2.05, 4.69) is 4.74 Å². The highest BCUT2D eigenvalue weighted by molar-refractivity contribution is 6.33. The molecule has 1 heterocycles. The second kappa shape index (κ2) is 7.89. The molecule has 28 heavy (non-hydrogen) atoms. The van der Waals surface area contributed by atoms with E-state index in [-0.39, 0.29) is 22.8 Å². The number of alkyl halides is 3. The Kier molecular flexibility index (Phi) is 5.71. The van der Waals surface area contributed by atoms with Crippen molar-refractivity contribution in [1.29, 1.82) is 0 Å². The molecule has 1 saturated heterocycles. The van der Waals surface area contributed by atoms with E-state index >= 15 is 0 Å². The first-order chi connectivity index (χ1) is 13.2. The van der Waals surface area contributed by atoms with Crippen molar-refractivity contribution in [2.45, 2.75) is 31.3 Å². The molecule has 9 heteroatoms. The van der Waals surface area contributed by atoms with E-state index in [1.54, 1.807) is 29.2 Å². The number of rotatable bonds is 4. The number of primary amides is 1. The van der Waals surface area contributed by atoms with E-state index in [0.717, 1.165) is 0 Å². The van der Waals surface area contributed by atoms with Crippen molar-refractivity contribution in [2.75, 3.05) is 11.4 Å². The van der Waals surface area contributed by atoms with Crippen LogP contribution in [0.2, 0.25) is 5.02 Å². The van der Waals surface area contributed by atoms with Crippen molar-refractivity contribution in [3.05, 3.63) is 47.5 Å². The van der Waals surface area contributed by atoms with Gasteiger partial charge in [-0.15, -0.1) is 13.2 Å². The summed E-state index contributed by atoms with van der Waals surface area (Å²) in [4.78, 5) is 13.5. The molecule has 1 aliphatic rings. The number of carbonyl (C=O) groups is 1. The fraction of sp³-hybridized carbons (Fsp3) is 0.316. The summed E-state index contributed by atoms with van der Waals surface area (Å²) in [6.07, 6.45) is -4.77. The molecule has 0 saturated carbocycles. The number of amides is 1. The molecule has 0 radical (unpaired) electrons. The predicted molar refractivity (Wildman–Crippen MR) is 99.1 cm³/mol. The van der Waals surface area contributed by atoms with E-state index in [1.165, 1.54) is 18.2 Å². The molecular weight excluding hydrogens is 397 g/mol. The summed E-state index contributed by atoms with van der Waals surface area (Å²) in [7, 11) is 0. The summed E-state index contributed by atoms with van der Waals surface area (Å²) in [5, 5.41) is 10.00. The van der Waals surface area contributed by atoms with Gasteiger partial charge in [0.1, 0.15) is 11.8 Å². The quantitative estimate of drug-likeness (QED) is 0.799. The van der Waals surface area contributed by atoms with Crippen molar-refractivity contribution in [1.82, 2.24) is 0 Å². The fourth-order valence-electron chi connectivity index (χ4n) is 3.33. The van der Waals surface area contributed by atoms with Gasteiger partial charge in [0.25, 0.3) is 0 Å². The lowest BCUT2D eigenvalue weighted by molar-refractivity contribution is -0.274. The lowest BCUT2D eigenvalue weighted by Crippen LogP contribution is -2.51. The van der Waals surface area contributed by atoms with Crippen molar-refractivity contribution >= 4 is 23.2 Å². The minimum absolute atomic E-state index is 0.192. The largest absolute Gasteiger partial charge is 0.573 e. The van der Waals surface area contributed by atoms with Crippen LogP contribution in [0.25, 0.3) is 11.1 Å². The summed E-state index contributed by atoms with van der Waals surface area (Å²) < 4.78 is 42.1. The van der Waals surface area contributed by atoms with Crippen LogP contribution >= 0.6 is 11.6 Å². The van der Waals surface area contributed by atoms with E-state index in [9.17, 15) is 23.1 Å². The average Bonchev–Trinajstić information content (AvgIpc) is 2.61. The fourth-order valence-corrected chi connectivity index (χ4v) is 3.61. The van der Waals surface area contributed by atoms with Gasteiger partial charge in [-0.25, -0.2) is 0 Å². The second-order valence-electron chi connectivity index (χ2n) is 6.50. The molecule has 1 aliphatic heterocycles. The molecule has 0 spiro atoms. The summed E-state index contributed by atoms with van der Waals surface area (Å²) in [6.45, 7) is 0.401. The van der Waals surface area contributed by atoms with Crippen LogP contribution in [0.4, 0.5) is 18.9 Å². The Morgan fingerprint density at radius 3 is 2.57 bits per heavy atom. The Morgan fingerprint density at radius 2 is 1.93 bits per heavy atom. The van der Waals surface area contributed by atoms with Gasteiger partial charge >= 0.3 is 6.36 Å². The zero-order valence-corrected chi connectivity index (χ0v) is 15.4. The maximum Gasteiger partial charge on any atom is 0.573 e. The standard InChI is InChI=1S/C19H18ClF3N2O3/c20-15-9-11(25-8-7-12(26)10-16(25)18(24)27)5-6-13(15)14-3-1-2-4-17(14)28-19(21,22)23/h1-6,9,12,16,26H,7-8,10H2,(H2,24,27). The SMILES string of the molecule is NC(=O)C1CC(O)CCN1c1ccc(-c2ccccc2OC(F)(F)F)c(Cl)c1. The van der Waals surface area contributed by atoms with Gasteiger partial charge in [-0.3, -0.25) is 4.79 Å². The van der Waals surface area contributed by atoms with Crippen LogP contribution in [-0.4, -0.2) is 36.1 Å². The Balaban J connectivity index is 1.95. The Morgan fingerprint density at radius 1 is 1.21 bits per heavy atom. The summed E-state index contributed by atoms with van der Waals surface area (Å²) >= 11 is 6.35. The number of nitrogens with two attached hydrogens (primary N) is 1. The van der Waals surface area contributed by atoms with Crippen LogP contribution in [0.1, 0.15) is 12.8 Å². The number of aliphatic hydroxyl groups is 1. The zero-order chi connectivity index (χ0) is 20.5. The minimum Gasteiger partial charge on any atom is -0.405 e. The molecule has 3 N–H and O–H groups in total. The number of piperidine rings is 1. The monoisotopic (exact) mass is 414 g/mol. The molecule has 3 rings (SSSR count). The molecular formula is C19H18ClF3N2O3. The predicted octanol–water partition coefficient (Wildman–Crippen LogP) is 3.72. The van der Waals surface area contributed by atoms with Crippen LogP contribution in [0.3, 0.4) is 0 Å². The minimum atomic E-state index is -4.83. The van der Waals surface area contributed by atoms with Crippen LogP contribution in [0.5, 0.6) is 5.75 Å². The summed E-state index contributed by atoms with van der Waals surface area (Å²) in [5.74, 6) is -0.927. The third kappa shape index (κ3) is 4.51. The van der Waals surface area contributed by atoms with Crippen molar-refractivity contribution in [3.8, 4) is 16.9 Å². The van der Waals surface area contributed by atoms with Crippen molar-refractivity contribution in [2.24, 2.45) is 5.73 Å². The second-order valence-corrected chi connectivity index (χ2v) is 6.91. The molecule has 2 aromatic carbocycles. The number of halogens is 4. The van der Waals surface area contributed by atoms with Crippen molar-refractivity contribution < 1.29 is 27.8 Å². The lowest BCUT2D eigenvalue weighted by atomic mass is 9.97. The number of aliphatic hydroxyl groups excluding tert-OH is 1. The molecule has 0 aromatic heterocycles. The van der Waals surface area contributed by atoms with Crippen LogP contribution in [0.15, 0.2) is 42.5 Å². The van der Waals surface area contributed by atoms with Crippen LogP contribution in [-0.2, 0) is 4.79 Å². The number of ether oxygens (including phenoxy) is 1. The van der Waals surface area contributed by atoms with Crippen LogP contribution in [0, 0.1) is 0 Å². The topological polar surface area (TPSA) is 75.8 Å². The molecule has 1 amide bonds. The number of carbonyl (C=O) groups excluding carboxylic acids is 1. The van der Waals surface area contributed by atoms with Gasteiger partial charge in [0.15, 0.2) is 0 Å². The molecule has 1 fully saturated rings. The maximum atomic E-state index is 12.7. The highest BCUT2D eigenvalue weighted by Gasteiger charge is 2.33. The third-order valence-electron chi connectivity index (χ3n) is 4.59. The highest BCUT2D eigenvalue weighted by atomic mass is 35.5. The van der Waals surface area contributed by atoms with Crippen molar-refractivity contribution in [3.63, 3.8) is 0 Å². The molecule has 2 unspecified atom stereocenters. The van der Waals surface area contributed by atoms with Gasteiger partial charge in [-0.05, 0) is 24.6 Å². The molecule has 2 atom stereocenters. The number of nitrogens with zero attached hydrogens (tertiary/aromatic N) is 1. The Labute approximate surface area is 164 Å². The normalized spacial score (nSPS) is 20.1. The van der Waals surface area contributed by atoms with E-state index in [1.807, 2.05) is 0 Å². The summed E-state index contributed by atoms with van der Waals surface area (Å²) in [6, 6.07) is 9.80. The Bertz CT molecular complexity index is 876. The molecule has 0 bridgehead atoms. The number of benzene rings is 2. The first-order valence-corrected chi connectivity index (χ1v) is 8.92. The molecule has 2 aromatic rings. The number of para-hydroxylation sites is 1. The molecule has 0 aliphatic carbocycles. The number of hydrogen-bond acceptors (Lipinski definition) is 4. The van der Waals surface area contributed by atoms with E-state index in [0.29, 0.717) is 24.2 Å². The molecule has 5 nitrogen and oxygen atoms in total. The van der Waals surface area contributed by atoms with Gasteiger partial charge in [0.05, 0.1) is 11.1 Å². The van der Waals surface area contributed by atoms with Gasteiger partial charge in [-0.2, -0.15) is 0 Å².